The van der Waals surface area contributed by atoms with Gasteiger partial charge < -0.3 is 19.9 Å². The summed E-state index contributed by atoms with van der Waals surface area (Å²) in [5, 5.41) is 14.7. The number of anilines is 1. The lowest BCUT2D eigenvalue weighted by Gasteiger charge is -2.52. The van der Waals surface area contributed by atoms with Crippen molar-refractivity contribution in [3.8, 4) is 11.5 Å². The van der Waals surface area contributed by atoms with Gasteiger partial charge in [-0.05, 0) is 62.9 Å². The summed E-state index contributed by atoms with van der Waals surface area (Å²) in [5.41, 5.74) is 3.32. The third kappa shape index (κ3) is 4.87. The predicted octanol–water partition coefficient (Wildman–Crippen LogP) is 4.63. The third-order valence-corrected chi connectivity index (χ3v) is 7.43. The molecule has 2 fully saturated rings. The molecule has 0 spiro atoms. The summed E-state index contributed by atoms with van der Waals surface area (Å²) in [4.78, 5) is 15.3. The molecule has 1 amide bonds. The van der Waals surface area contributed by atoms with Crippen LogP contribution in [0.1, 0.15) is 54.8 Å². The van der Waals surface area contributed by atoms with Gasteiger partial charge in [-0.15, -0.1) is 0 Å². The summed E-state index contributed by atoms with van der Waals surface area (Å²) in [5.74, 6) is 1.50. The molecule has 1 saturated carbocycles. The standard InChI is InChI=1S/C27H36N2O4/c1-18-8-10-23(19(2)15-18)28-25(30)17-29-14-13-27(31)12-6-5-7-22(27)26(29)21-16-20(32-3)9-11-24(21)33-4/h8-11,15-16,22,26,31H,5-7,12-14,17H2,1-4H3,(H,28,30)/t22-,26-,27-/m1/s1. The van der Waals surface area contributed by atoms with Gasteiger partial charge in [0, 0.05) is 29.8 Å². The number of hydrogen-bond acceptors (Lipinski definition) is 5. The normalized spacial score (nSPS) is 25.2. The van der Waals surface area contributed by atoms with Gasteiger partial charge in [0.25, 0.3) is 0 Å². The number of fused-ring (bicyclic) bond motifs is 1. The van der Waals surface area contributed by atoms with Crippen LogP contribution in [0.4, 0.5) is 5.69 Å². The number of methoxy groups -OCH3 is 2. The van der Waals surface area contributed by atoms with E-state index in [1.165, 1.54) is 5.56 Å². The maximum Gasteiger partial charge on any atom is 0.238 e. The second-order valence-corrected chi connectivity index (χ2v) is 9.60. The molecule has 6 heteroatoms. The molecular formula is C27H36N2O4. The summed E-state index contributed by atoms with van der Waals surface area (Å²) in [7, 11) is 3.32. The fraction of sp³-hybridized carbons (Fsp3) is 0.519. The Labute approximate surface area is 196 Å². The topological polar surface area (TPSA) is 71.0 Å². The van der Waals surface area contributed by atoms with Crippen LogP contribution in [0.3, 0.4) is 0 Å². The molecule has 0 radical (unpaired) electrons. The second-order valence-electron chi connectivity index (χ2n) is 9.60. The summed E-state index contributed by atoms with van der Waals surface area (Å²) < 4.78 is 11.2. The number of amides is 1. The van der Waals surface area contributed by atoms with Gasteiger partial charge in [0.15, 0.2) is 0 Å². The van der Waals surface area contributed by atoms with E-state index in [4.69, 9.17) is 9.47 Å². The van der Waals surface area contributed by atoms with E-state index in [0.29, 0.717) is 13.0 Å². The number of likely N-dealkylation sites (tertiary alicyclic amines) is 1. The fourth-order valence-corrected chi connectivity index (χ4v) is 5.73. The SMILES string of the molecule is COc1ccc(OC)c([C@@H]2[C@H]3CCCC[C@@]3(O)CCN2CC(=O)Nc2ccc(C)cc2C)c1. The van der Waals surface area contributed by atoms with E-state index in [9.17, 15) is 9.90 Å². The first kappa shape index (κ1) is 23.6. The zero-order valence-corrected chi connectivity index (χ0v) is 20.2. The largest absolute Gasteiger partial charge is 0.497 e. The van der Waals surface area contributed by atoms with Crippen LogP contribution in [0.15, 0.2) is 36.4 Å². The Balaban J connectivity index is 1.65. The monoisotopic (exact) mass is 452 g/mol. The van der Waals surface area contributed by atoms with Crippen molar-refractivity contribution in [2.24, 2.45) is 5.92 Å². The van der Waals surface area contributed by atoms with Gasteiger partial charge in [0.2, 0.25) is 5.91 Å². The highest BCUT2D eigenvalue weighted by molar-refractivity contribution is 5.93. The lowest BCUT2D eigenvalue weighted by Crippen LogP contribution is -2.56. The molecular weight excluding hydrogens is 416 g/mol. The lowest BCUT2D eigenvalue weighted by atomic mass is 9.66. The molecule has 33 heavy (non-hydrogen) atoms. The Morgan fingerprint density at radius 2 is 1.94 bits per heavy atom. The predicted molar refractivity (Wildman–Crippen MR) is 130 cm³/mol. The second kappa shape index (κ2) is 9.74. The molecule has 1 saturated heterocycles. The summed E-state index contributed by atoms with van der Waals surface area (Å²) in [6.07, 6.45) is 4.54. The van der Waals surface area contributed by atoms with Crippen LogP contribution in [0.5, 0.6) is 11.5 Å². The third-order valence-electron chi connectivity index (χ3n) is 7.43. The van der Waals surface area contributed by atoms with E-state index in [0.717, 1.165) is 54.0 Å². The minimum atomic E-state index is -0.711. The van der Waals surface area contributed by atoms with E-state index >= 15 is 0 Å². The molecule has 0 aromatic heterocycles. The molecule has 2 N–H and O–H groups in total. The molecule has 2 aliphatic rings. The van der Waals surface area contributed by atoms with Crippen LogP contribution in [0.25, 0.3) is 0 Å². The quantitative estimate of drug-likeness (QED) is 0.669. The van der Waals surface area contributed by atoms with Gasteiger partial charge in [0.05, 0.1) is 26.4 Å². The smallest absolute Gasteiger partial charge is 0.238 e. The minimum absolute atomic E-state index is 0.0370. The van der Waals surface area contributed by atoms with Gasteiger partial charge in [0.1, 0.15) is 11.5 Å². The Kier molecular flexibility index (Phi) is 6.96. The molecule has 1 heterocycles. The van der Waals surface area contributed by atoms with Crippen LogP contribution in [-0.4, -0.2) is 48.8 Å². The number of piperidine rings is 1. The summed E-state index contributed by atoms with van der Waals surface area (Å²) in [6, 6.07) is 11.7. The van der Waals surface area contributed by atoms with E-state index in [1.807, 2.05) is 44.2 Å². The molecule has 2 aromatic carbocycles. The first-order chi connectivity index (χ1) is 15.8. The molecule has 3 atom stereocenters. The maximum absolute atomic E-state index is 13.1. The highest BCUT2D eigenvalue weighted by Gasteiger charge is 2.50. The van der Waals surface area contributed by atoms with Crippen LogP contribution < -0.4 is 14.8 Å². The van der Waals surface area contributed by atoms with Crippen LogP contribution in [0, 0.1) is 19.8 Å². The number of carbonyl (C=O) groups excluding carboxylic acids is 1. The van der Waals surface area contributed by atoms with Gasteiger partial charge in [-0.1, -0.05) is 30.5 Å². The van der Waals surface area contributed by atoms with E-state index in [-0.39, 0.29) is 24.4 Å². The number of nitrogens with zero attached hydrogens (tertiary/aromatic N) is 1. The van der Waals surface area contributed by atoms with Crippen molar-refractivity contribution >= 4 is 11.6 Å². The molecule has 6 nitrogen and oxygen atoms in total. The van der Waals surface area contributed by atoms with Crippen LogP contribution in [0.2, 0.25) is 0 Å². The maximum atomic E-state index is 13.1. The molecule has 4 rings (SSSR count). The van der Waals surface area contributed by atoms with Gasteiger partial charge >= 0.3 is 0 Å². The van der Waals surface area contributed by atoms with E-state index in [2.05, 4.69) is 16.3 Å². The molecule has 0 unspecified atom stereocenters. The summed E-state index contributed by atoms with van der Waals surface area (Å²) in [6.45, 7) is 4.96. The average molecular weight is 453 g/mol. The zero-order valence-electron chi connectivity index (χ0n) is 20.2. The zero-order chi connectivity index (χ0) is 23.6. The van der Waals surface area contributed by atoms with E-state index < -0.39 is 5.60 Å². The lowest BCUT2D eigenvalue weighted by molar-refractivity contribution is -0.135. The number of rotatable bonds is 6. The molecule has 2 aromatic rings. The van der Waals surface area contributed by atoms with Gasteiger partial charge in [-0.3, -0.25) is 9.69 Å². The van der Waals surface area contributed by atoms with Crippen molar-refractivity contribution in [1.82, 2.24) is 4.90 Å². The number of aliphatic hydroxyl groups is 1. The number of aryl methyl sites for hydroxylation is 2. The van der Waals surface area contributed by atoms with Gasteiger partial charge in [-0.25, -0.2) is 0 Å². The van der Waals surface area contributed by atoms with Gasteiger partial charge in [-0.2, -0.15) is 0 Å². The summed E-state index contributed by atoms with van der Waals surface area (Å²) >= 11 is 0. The first-order valence-electron chi connectivity index (χ1n) is 11.9. The highest BCUT2D eigenvalue weighted by atomic mass is 16.5. The first-order valence-corrected chi connectivity index (χ1v) is 11.9. The number of nitrogens with one attached hydrogen (secondary N) is 1. The molecule has 1 aliphatic heterocycles. The van der Waals surface area contributed by atoms with Crippen LogP contribution >= 0.6 is 0 Å². The average Bonchev–Trinajstić information content (AvgIpc) is 2.80. The van der Waals surface area contributed by atoms with Crippen molar-refractivity contribution in [2.45, 2.75) is 57.6 Å². The van der Waals surface area contributed by atoms with Crippen molar-refractivity contribution in [1.29, 1.82) is 0 Å². The fourth-order valence-electron chi connectivity index (χ4n) is 5.73. The number of benzene rings is 2. The van der Waals surface area contributed by atoms with E-state index in [1.54, 1.807) is 14.2 Å². The molecule has 178 valence electrons. The Morgan fingerprint density at radius 1 is 1.12 bits per heavy atom. The number of hydrogen-bond donors (Lipinski definition) is 2. The molecule has 0 bridgehead atoms. The molecule has 1 aliphatic carbocycles. The van der Waals surface area contributed by atoms with Crippen molar-refractivity contribution in [2.75, 3.05) is 32.6 Å². The Bertz CT molecular complexity index is 1010. The van der Waals surface area contributed by atoms with Crippen molar-refractivity contribution in [3.63, 3.8) is 0 Å². The van der Waals surface area contributed by atoms with Crippen molar-refractivity contribution < 1.29 is 19.4 Å². The Morgan fingerprint density at radius 3 is 2.67 bits per heavy atom. The van der Waals surface area contributed by atoms with Crippen LogP contribution in [-0.2, 0) is 4.79 Å². The van der Waals surface area contributed by atoms with Crippen molar-refractivity contribution in [3.05, 3.63) is 53.1 Å². The number of carbonyl (C=O) groups is 1. The number of ether oxygens (including phenoxy) is 2. The highest BCUT2D eigenvalue weighted by Crippen LogP contribution is 2.51. The minimum Gasteiger partial charge on any atom is -0.497 e. The Hall–Kier alpha value is -2.57.